The second-order valence-corrected chi connectivity index (χ2v) is 5.92. The van der Waals surface area contributed by atoms with Gasteiger partial charge in [0.15, 0.2) is 0 Å². The van der Waals surface area contributed by atoms with Crippen LogP contribution in [0, 0.1) is 11.6 Å². The summed E-state index contributed by atoms with van der Waals surface area (Å²) in [4.78, 5) is 27.9. The molecule has 1 aromatic carbocycles. The van der Waals surface area contributed by atoms with Gasteiger partial charge in [-0.3, -0.25) is 14.5 Å². The molecule has 2 rings (SSSR count). The number of benzene rings is 1. The molecular weight excluding hydrogens is 316 g/mol. The van der Waals surface area contributed by atoms with E-state index in [0.717, 1.165) is 12.5 Å². The number of nitrogens with zero attached hydrogens (tertiary/aromatic N) is 2. The van der Waals surface area contributed by atoms with Crippen LogP contribution in [-0.4, -0.2) is 60.4 Å². The van der Waals surface area contributed by atoms with Gasteiger partial charge in [0.2, 0.25) is 5.91 Å². The van der Waals surface area contributed by atoms with Crippen molar-refractivity contribution < 1.29 is 18.4 Å². The normalized spacial score (nSPS) is 16.8. The van der Waals surface area contributed by atoms with Crippen LogP contribution in [0.25, 0.3) is 0 Å². The molecule has 0 aliphatic carbocycles. The first kappa shape index (κ1) is 18.3. The average Bonchev–Trinajstić information content (AvgIpc) is 2.58. The monoisotopic (exact) mass is 339 g/mol. The molecule has 0 bridgehead atoms. The third-order valence-corrected chi connectivity index (χ3v) is 4.24. The van der Waals surface area contributed by atoms with Crippen molar-refractivity contribution >= 4 is 11.8 Å². The lowest BCUT2D eigenvalue weighted by molar-refractivity contribution is -0.126. The fraction of sp³-hybridized carbons (Fsp3) is 0.529. The fourth-order valence-electron chi connectivity index (χ4n) is 2.71. The van der Waals surface area contributed by atoms with Gasteiger partial charge in [-0.1, -0.05) is 6.92 Å². The summed E-state index contributed by atoms with van der Waals surface area (Å²) >= 11 is 0. The van der Waals surface area contributed by atoms with Crippen LogP contribution >= 0.6 is 0 Å². The van der Waals surface area contributed by atoms with E-state index in [1.807, 2.05) is 18.7 Å². The van der Waals surface area contributed by atoms with Gasteiger partial charge in [-0.2, -0.15) is 0 Å². The summed E-state index contributed by atoms with van der Waals surface area (Å²) in [5.74, 6) is -2.04. The maximum Gasteiger partial charge on any atom is 0.256 e. The van der Waals surface area contributed by atoms with Crippen molar-refractivity contribution in [1.29, 1.82) is 0 Å². The minimum Gasteiger partial charge on any atom is -0.355 e. The second kappa shape index (κ2) is 8.19. The smallest absolute Gasteiger partial charge is 0.256 e. The minimum atomic E-state index is -0.852. The highest BCUT2D eigenvalue weighted by Gasteiger charge is 2.28. The van der Waals surface area contributed by atoms with Gasteiger partial charge in [-0.15, -0.1) is 0 Å². The number of halogens is 2. The van der Waals surface area contributed by atoms with Crippen molar-refractivity contribution in [2.24, 2.45) is 0 Å². The molecule has 0 aromatic heterocycles. The van der Waals surface area contributed by atoms with Crippen molar-refractivity contribution in [3.05, 3.63) is 35.4 Å². The van der Waals surface area contributed by atoms with Gasteiger partial charge in [-0.05, 0) is 25.5 Å². The SMILES string of the molecule is CCCNC(=O)[C@@H](C)N1CCN(C(=O)c2ccc(F)cc2F)CC1. The maximum absolute atomic E-state index is 13.7. The van der Waals surface area contributed by atoms with E-state index in [9.17, 15) is 18.4 Å². The lowest BCUT2D eigenvalue weighted by atomic mass is 10.1. The van der Waals surface area contributed by atoms with Crippen molar-refractivity contribution in [3.8, 4) is 0 Å². The van der Waals surface area contributed by atoms with E-state index in [-0.39, 0.29) is 17.5 Å². The molecule has 0 unspecified atom stereocenters. The molecule has 1 aliphatic rings. The molecule has 2 amide bonds. The number of amides is 2. The lowest BCUT2D eigenvalue weighted by Gasteiger charge is -2.37. The first-order chi connectivity index (χ1) is 11.4. The molecule has 24 heavy (non-hydrogen) atoms. The Morgan fingerprint density at radius 3 is 2.46 bits per heavy atom. The molecule has 1 aromatic rings. The Balaban J connectivity index is 1.92. The standard InChI is InChI=1S/C17H23F2N3O2/c1-3-6-20-16(23)12(2)21-7-9-22(10-8-21)17(24)14-5-4-13(18)11-15(14)19/h4-5,11-12H,3,6-10H2,1-2H3,(H,20,23)/t12-/m1/s1. The van der Waals surface area contributed by atoms with Crippen LogP contribution in [0.3, 0.4) is 0 Å². The van der Waals surface area contributed by atoms with Crippen molar-refractivity contribution in [3.63, 3.8) is 0 Å². The molecular formula is C17H23F2N3O2. The molecule has 1 N–H and O–H groups in total. The van der Waals surface area contributed by atoms with Crippen molar-refractivity contribution in [1.82, 2.24) is 15.1 Å². The number of hydrogen-bond donors (Lipinski definition) is 1. The molecule has 5 nitrogen and oxygen atoms in total. The number of carbonyl (C=O) groups excluding carboxylic acids is 2. The van der Waals surface area contributed by atoms with Gasteiger partial charge in [-0.25, -0.2) is 8.78 Å². The van der Waals surface area contributed by atoms with Crippen LogP contribution in [0.1, 0.15) is 30.6 Å². The van der Waals surface area contributed by atoms with Crippen molar-refractivity contribution in [2.45, 2.75) is 26.3 Å². The highest BCUT2D eigenvalue weighted by Crippen LogP contribution is 2.15. The number of hydrogen-bond acceptors (Lipinski definition) is 3. The summed E-state index contributed by atoms with van der Waals surface area (Å²) in [5.41, 5.74) is -0.126. The molecule has 132 valence electrons. The molecule has 7 heteroatoms. The Hall–Kier alpha value is -2.02. The Labute approximate surface area is 140 Å². The topological polar surface area (TPSA) is 52.7 Å². The van der Waals surface area contributed by atoms with E-state index in [1.54, 1.807) is 0 Å². The van der Waals surface area contributed by atoms with E-state index < -0.39 is 17.5 Å². The zero-order valence-electron chi connectivity index (χ0n) is 14.0. The van der Waals surface area contributed by atoms with E-state index >= 15 is 0 Å². The lowest BCUT2D eigenvalue weighted by Crippen LogP contribution is -2.55. The van der Waals surface area contributed by atoms with Crippen LogP contribution in [0.4, 0.5) is 8.78 Å². The van der Waals surface area contributed by atoms with Crippen LogP contribution in [0.5, 0.6) is 0 Å². The first-order valence-corrected chi connectivity index (χ1v) is 8.20. The number of nitrogens with one attached hydrogen (secondary N) is 1. The maximum atomic E-state index is 13.7. The summed E-state index contributed by atoms with van der Waals surface area (Å²) in [5, 5.41) is 2.86. The number of piperazine rings is 1. The summed E-state index contributed by atoms with van der Waals surface area (Å²) in [7, 11) is 0. The summed E-state index contributed by atoms with van der Waals surface area (Å²) in [6.07, 6.45) is 0.879. The van der Waals surface area contributed by atoms with Crippen molar-refractivity contribution in [2.75, 3.05) is 32.7 Å². The Bertz CT molecular complexity index is 601. The number of carbonyl (C=O) groups is 2. The van der Waals surface area contributed by atoms with Gasteiger partial charge in [0.25, 0.3) is 5.91 Å². The predicted octanol–water partition coefficient (Wildman–Crippen LogP) is 1.64. The van der Waals surface area contributed by atoms with Crippen LogP contribution in [0.15, 0.2) is 18.2 Å². The van der Waals surface area contributed by atoms with E-state index in [0.29, 0.717) is 38.8 Å². The van der Waals surface area contributed by atoms with Gasteiger partial charge in [0, 0.05) is 38.8 Å². The van der Waals surface area contributed by atoms with Crippen LogP contribution in [0.2, 0.25) is 0 Å². The van der Waals surface area contributed by atoms with E-state index in [1.165, 1.54) is 11.0 Å². The summed E-state index contributed by atoms with van der Waals surface area (Å²) in [6.45, 7) is 6.35. The largest absolute Gasteiger partial charge is 0.355 e. The highest BCUT2D eigenvalue weighted by atomic mass is 19.1. The Morgan fingerprint density at radius 2 is 1.88 bits per heavy atom. The second-order valence-electron chi connectivity index (χ2n) is 5.92. The van der Waals surface area contributed by atoms with Gasteiger partial charge in [0.1, 0.15) is 11.6 Å². The van der Waals surface area contributed by atoms with Gasteiger partial charge >= 0.3 is 0 Å². The molecule has 0 radical (unpaired) electrons. The third-order valence-electron chi connectivity index (χ3n) is 4.24. The molecule has 1 heterocycles. The van der Waals surface area contributed by atoms with Gasteiger partial charge < -0.3 is 10.2 Å². The third kappa shape index (κ3) is 4.29. The molecule has 0 saturated carbocycles. The first-order valence-electron chi connectivity index (χ1n) is 8.20. The zero-order chi connectivity index (χ0) is 17.7. The zero-order valence-corrected chi connectivity index (χ0v) is 14.0. The minimum absolute atomic E-state index is 0.0267. The number of rotatable bonds is 5. The van der Waals surface area contributed by atoms with E-state index in [4.69, 9.17) is 0 Å². The highest BCUT2D eigenvalue weighted by molar-refractivity contribution is 5.94. The van der Waals surface area contributed by atoms with Crippen LogP contribution < -0.4 is 5.32 Å². The quantitative estimate of drug-likeness (QED) is 0.887. The molecule has 0 spiro atoms. The molecule has 1 fully saturated rings. The Kier molecular flexibility index (Phi) is 6.25. The molecule has 1 saturated heterocycles. The predicted molar refractivity (Wildman–Crippen MR) is 86.6 cm³/mol. The van der Waals surface area contributed by atoms with Crippen LogP contribution in [-0.2, 0) is 4.79 Å². The average molecular weight is 339 g/mol. The summed E-state index contributed by atoms with van der Waals surface area (Å²) < 4.78 is 26.7. The fourth-order valence-corrected chi connectivity index (χ4v) is 2.71. The van der Waals surface area contributed by atoms with Gasteiger partial charge in [0.05, 0.1) is 11.6 Å². The van der Waals surface area contributed by atoms with E-state index in [2.05, 4.69) is 5.32 Å². The molecule has 1 aliphatic heterocycles. The summed E-state index contributed by atoms with van der Waals surface area (Å²) in [6, 6.07) is 2.69. The Morgan fingerprint density at radius 1 is 1.21 bits per heavy atom. The molecule has 1 atom stereocenters.